The van der Waals surface area contributed by atoms with E-state index in [2.05, 4.69) is 80.7 Å². The highest BCUT2D eigenvalue weighted by molar-refractivity contribution is 7.47. The number of carbonyl (C=O) groups excluding carboxylic acids is 2. The van der Waals surface area contributed by atoms with Crippen LogP contribution in [0.5, 0.6) is 0 Å². The topological polar surface area (TPSA) is 108 Å². The van der Waals surface area contributed by atoms with Crippen LogP contribution in [0.3, 0.4) is 0 Å². The molecule has 9 nitrogen and oxygen atoms in total. The molecule has 0 rings (SSSR count). The van der Waals surface area contributed by atoms with Crippen molar-refractivity contribution in [2.45, 2.75) is 142 Å². The Bertz CT molecular complexity index is 1140. The summed E-state index contributed by atoms with van der Waals surface area (Å²) in [6, 6.07) is 0. The molecule has 0 radical (unpaired) electrons. The Hall–Kier alpha value is -2.55. The zero-order valence-electron chi connectivity index (χ0n) is 34.0. The van der Waals surface area contributed by atoms with E-state index in [1.807, 2.05) is 27.2 Å². The van der Waals surface area contributed by atoms with E-state index in [0.717, 1.165) is 70.6 Å². The van der Waals surface area contributed by atoms with E-state index in [1.54, 1.807) is 0 Å². The first-order valence-electron chi connectivity index (χ1n) is 20.2. The fourth-order valence-corrected chi connectivity index (χ4v) is 5.55. The number of quaternary nitrogens is 1. The second-order valence-electron chi connectivity index (χ2n) is 14.3. The normalized spacial score (nSPS) is 14.5. The summed E-state index contributed by atoms with van der Waals surface area (Å²) in [5.74, 6) is -0.887. The van der Waals surface area contributed by atoms with Crippen LogP contribution < -0.4 is 0 Å². The number of nitrogens with zero attached hydrogens (tertiary/aromatic N) is 1. The monoisotopic (exact) mass is 765 g/mol. The molecule has 0 fully saturated rings. The first-order chi connectivity index (χ1) is 25.5. The maximum absolute atomic E-state index is 12.6. The molecule has 0 bridgehead atoms. The molecule has 10 heteroatoms. The van der Waals surface area contributed by atoms with Gasteiger partial charge in [0.15, 0.2) is 6.10 Å². The van der Waals surface area contributed by atoms with Gasteiger partial charge in [0.25, 0.3) is 0 Å². The molecular formula is C43H75NO8P+. The van der Waals surface area contributed by atoms with E-state index < -0.39 is 32.5 Å². The molecule has 0 aromatic heterocycles. The third kappa shape index (κ3) is 39.0. The van der Waals surface area contributed by atoms with Crippen molar-refractivity contribution in [1.29, 1.82) is 0 Å². The van der Waals surface area contributed by atoms with Crippen molar-refractivity contribution in [2.24, 2.45) is 0 Å². The summed E-state index contributed by atoms with van der Waals surface area (Å²) in [6.07, 6.45) is 42.4. The van der Waals surface area contributed by atoms with Gasteiger partial charge >= 0.3 is 19.8 Å². The molecule has 1 unspecified atom stereocenters. The maximum Gasteiger partial charge on any atom is 0.472 e. The van der Waals surface area contributed by atoms with Crippen molar-refractivity contribution in [2.75, 3.05) is 47.5 Å². The predicted molar refractivity (Wildman–Crippen MR) is 219 cm³/mol. The zero-order chi connectivity index (χ0) is 39.3. The molecule has 0 aromatic carbocycles. The number of esters is 2. The summed E-state index contributed by atoms with van der Waals surface area (Å²) in [6.45, 7) is 4.17. The summed E-state index contributed by atoms with van der Waals surface area (Å²) < 4.78 is 34.1. The number of unbranched alkanes of at least 4 members (excludes halogenated alkanes) is 9. The molecule has 0 spiro atoms. The molecule has 0 aliphatic rings. The second-order valence-corrected chi connectivity index (χ2v) is 15.7. The molecule has 0 heterocycles. The highest BCUT2D eigenvalue weighted by Crippen LogP contribution is 2.43. The quantitative estimate of drug-likeness (QED) is 0.0223. The van der Waals surface area contributed by atoms with Crippen molar-refractivity contribution < 1.29 is 42.1 Å². The Labute approximate surface area is 323 Å². The van der Waals surface area contributed by atoms with Gasteiger partial charge in [-0.3, -0.25) is 18.6 Å². The molecule has 2 atom stereocenters. The summed E-state index contributed by atoms with van der Waals surface area (Å²) in [5, 5.41) is 0. The molecule has 0 aromatic rings. The van der Waals surface area contributed by atoms with Crippen molar-refractivity contribution in [3.05, 3.63) is 72.9 Å². The first-order valence-corrected chi connectivity index (χ1v) is 21.7. The van der Waals surface area contributed by atoms with E-state index >= 15 is 0 Å². The number of phosphoric ester groups is 1. The Morgan fingerprint density at radius 3 is 1.68 bits per heavy atom. The minimum absolute atomic E-state index is 0.0161. The molecule has 0 saturated carbocycles. The standard InChI is InChI=1S/C43H74NO8P/c1-6-8-10-12-14-16-18-20-21-22-23-24-26-28-30-32-34-36-43(46)52-41(40-51-53(47,48)50-38-37-44(3,4)5)39-49-42(45)35-33-31-29-27-25-19-17-15-13-11-9-7-2/h8,10,14-17,20-21,23-24,28,30,41H,6-7,9,11-13,18-19,22,25-27,29,31-40H2,1-5H3/p+1/b10-8+,16-14+,17-15+,21-20+,24-23+,30-28+/t41-/m1/s1. The van der Waals surface area contributed by atoms with Gasteiger partial charge in [0.1, 0.15) is 19.8 Å². The Morgan fingerprint density at radius 2 is 1.09 bits per heavy atom. The van der Waals surface area contributed by atoms with Gasteiger partial charge in [0.2, 0.25) is 0 Å². The van der Waals surface area contributed by atoms with Gasteiger partial charge in [0, 0.05) is 12.8 Å². The number of likely N-dealkylation sites (N-methyl/N-ethyl adjacent to an activating group) is 1. The minimum Gasteiger partial charge on any atom is -0.462 e. The van der Waals surface area contributed by atoms with Gasteiger partial charge in [-0.25, -0.2) is 4.57 Å². The van der Waals surface area contributed by atoms with Crippen LogP contribution in [-0.2, 0) is 32.7 Å². The highest BCUT2D eigenvalue weighted by atomic mass is 31.2. The number of rotatable bonds is 35. The molecule has 0 amide bonds. The summed E-state index contributed by atoms with van der Waals surface area (Å²) in [7, 11) is 1.42. The minimum atomic E-state index is -4.39. The second kappa shape index (κ2) is 35.2. The average molecular weight is 765 g/mol. The molecule has 0 aliphatic carbocycles. The molecule has 304 valence electrons. The van der Waals surface area contributed by atoms with Crippen LogP contribution in [0.25, 0.3) is 0 Å². The lowest BCUT2D eigenvalue weighted by Crippen LogP contribution is -2.37. The van der Waals surface area contributed by atoms with Crippen LogP contribution in [0, 0.1) is 0 Å². The lowest BCUT2D eigenvalue weighted by atomic mass is 10.1. The summed E-state index contributed by atoms with van der Waals surface area (Å²) in [4.78, 5) is 35.2. The predicted octanol–water partition coefficient (Wildman–Crippen LogP) is 11.1. The highest BCUT2D eigenvalue weighted by Gasteiger charge is 2.27. The Kier molecular flexibility index (Phi) is 33.5. The van der Waals surface area contributed by atoms with E-state index in [4.69, 9.17) is 18.5 Å². The molecule has 53 heavy (non-hydrogen) atoms. The number of hydrogen-bond donors (Lipinski definition) is 1. The van der Waals surface area contributed by atoms with Crippen molar-refractivity contribution in [3.63, 3.8) is 0 Å². The average Bonchev–Trinajstić information content (AvgIpc) is 3.10. The fraction of sp³-hybridized carbons (Fsp3) is 0.674. The third-order valence-electron chi connectivity index (χ3n) is 7.97. The maximum atomic E-state index is 12.6. The fourth-order valence-electron chi connectivity index (χ4n) is 4.81. The zero-order valence-corrected chi connectivity index (χ0v) is 34.9. The SMILES string of the molecule is CC/C=C/C/C=C/C/C=C/C/C=C/C/C=C/CCCC(=O)O[C@H](COC(=O)CCCCCCC/C=C/CCCCC)COP(=O)(O)OCC[N+](C)(C)C. The van der Waals surface area contributed by atoms with Crippen molar-refractivity contribution in [1.82, 2.24) is 0 Å². The molecular weight excluding hydrogens is 689 g/mol. The smallest absolute Gasteiger partial charge is 0.462 e. The van der Waals surface area contributed by atoms with Gasteiger partial charge in [0.05, 0.1) is 27.7 Å². The lowest BCUT2D eigenvalue weighted by molar-refractivity contribution is -0.870. The molecule has 1 N–H and O–H groups in total. The third-order valence-corrected chi connectivity index (χ3v) is 8.95. The largest absolute Gasteiger partial charge is 0.472 e. The molecule has 0 aliphatic heterocycles. The summed E-state index contributed by atoms with van der Waals surface area (Å²) >= 11 is 0. The number of allylic oxidation sites excluding steroid dienone is 12. The summed E-state index contributed by atoms with van der Waals surface area (Å²) in [5.41, 5.74) is 0. The van der Waals surface area contributed by atoms with E-state index in [9.17, 15) is 19.0 Å². The van der Waals surface area contributed by atoms with Crippen molar-refractivity contribution >= 4 is 19.8 Å². The first kappa shape index (κ1) is 50.5. The van der Waals surface area contributed by atoms with Crippen LogP contribution in [0.1, 0.15) is 136 Å². The van der Waals surface area contributed by atoms with Crippen LogP contribution in [-0.4, -0.2) is 74.9 Å². The number of phosphoric acid groups is 1. The van der Waals surface area contributed by atoms with E-state index in [0.29, 0.717) is 30.3 Å². The van der Waals surface area contributed by atoms with Crippen LogP contribution >= 0.6 is 7.82 Å². The van der Waals surface area contributed by atoms with Crippen molar-refractivity contribution in [3.8, 4) is 0 Å². The number of ether oxygens (including phenoxy) is 2. The number of hydrogen-bond acceptors (Lipinski definition) is 7. The van der Waals surface area contributed by atoms with Crippen LogP contribution in [0.2, 0.25) is 0 Å². The lowest BCUT2D eigenvalue weighted by Gasteiger charge is -2.24. The van der Waals surface area contributed by atoms with Gasteiger partial charge < -0.3 is 18.9 Å². The molecule has 0 saturated heterocycles. The van der Waals surface area contributed by atoms with Gasteiger partial charge in [-0.2, -0.15) is 0 Å². The van der Waals surface area contributed by atoms with Gasteiger partial charge in [-0.15, -0.1) is 0 Å². The number of carbonyl (C=O) groups is 2. The van der Waals surface area contributed by atoms with E-state index in [1.165, 1.54) is 19.3 Å². The van der Waals surface area contributed by atoms with Crippen LogP contribution in [0.15, 0.2) is 72.9 Å². The Morgan fingerprint density at radius 1 is 0.604 bits per heavy atom. The van der Waals surface area contributed by atoms with Gasteiger partial charge in [-0.05, 0) is 77.0 Å². The van der Waals surface area contributed by atoms with Gasteiger partial charge in [-0.1, -0.05) is 119 Å². The Balaban J connectivity index is 4.55. The van der Waals surface area contributed by atoms with Crippen LogP contribution in [0.4, 0.5) is 0 Å². The van der Waals surface area contributed by atoms with E-state index in [-0.39, 0.29) is 26.1 Å².